The molecule has 1 nitrogen and oxygen atoms in total. The maximum Gasteiger partial charge on any atom is 0.0619 e. The van der Waals surface area contributed by atoms with Gasteiger partial charge in [-0.1, -0.05) is 33.1 Å². The first-order chi connectivity index (χ1) is 6.16. The van der Waals surface area contributed by atoms with Crippen LogP contribution < -0.4 is 5.32 Å². The van der Waals surface area contributed by atoms with Crippen LogP contribution in [0.5, 0.6) is 0 Å². The SMILES string of the molecule is CCCCCC1(C)NCCC(C)S1. The topological polar surface area (TPSA) is 12.0 Å². The van der Waals surface area contributed by atoms with Gasteiger partial charge in [0.05, 0.1) is 4.87 Å². The molecule has 78 valence electrons. The molecule has 1 saturated heterocycles. The Hall–Kier alpha value is 0.310. The van der Waals surface area contributed by atoms with Crippen molar-refractivity contribution < 1.29 is 0 Å². The van der Waals surface area contributed by atoms with Crippen LogP contribution in [0.1, 0.15) is 52.9 Å². The van der Waals surface area contributed by atoms with Gasteiger partial charge in [-0.2, -0.15) is 0 Å². The van der Waals surface area contributed by atoms with Crippen LogP contribution in [-0.4, -0.2) is 16.7 Å². The average molecular weight is 201 g/mol. The van der Waals surface area contributed by atoms with Gasteiger partial charge in [-0.05, 0) is 26.3 Å². The molecule has 0 aliphatic carbocycles. The maximum absolute atomic E-state index is 3.65. The van der Waals surface area contributed by atoms with Gasteiger partial charge in [0.25, 0.3) is 0 Å². The first-order valence-electron chi connectivity index (χ1n) is 5.59. The molecule has 1 heterocycles. The Morgan fingerprint density at radius 1 is 1.46 bits per heavy atom. The van der Waals surface area contributed by atoms with Gasteiger partial charge >= 0.3 is 0 Å². The van der Waals surface area contributed by atoms with E-state index in [-0.39, 0.29) is 0 Å². The first kappa shape index (κ1) is 11.4. The van der Waals surface area contributed by atoms with E-state index in [1.807, 2.05) is 0 Å². The van der Waals surface area contributed by atoms with E-state index in [4.69, 9.17) is 0 Å². The molecule has 13 heavy (non-hydrogen) atoms. The third-order valence-electron chi connectivity index (χ3n) is 2.77. The van der Waals surface area contributed by atoms with Gasteiger partial charge in [-0.25, -0.2) is 0 Å². The number of thioether (sulfide) groups is 1. The van der Waals surface area contributed by atoms with E-state index >= 15 is 0 Å². The second-order valence-corrected chi connectivity index (χ2v) is 6.27. The van der Waals surface area contributed by atoms with Gasteiger partial charge in [0.2, 0.25) is 0 Å². The van der Waals surface area contributed by atoms with E-state index < -0.39 is 0 Å². The number of hydrogen-bond donors (Lipinski definition) is 1. The number of unbranched alkanes of at least 4 members (excludes halogenated alkanes) is 2. The van der Waals surface area contributed by atoms with Crippen molar-refractivity contribution in [3.63, 3.8) is 0 Å². The van der Waals surface area contributed by atoms with Gasteiger partial charge < -0.3 is 5.32 Å². The van der Waals surface area contributed by atoms with Crippen molar-refractivity contribution in [3.8, 4) is 0 Å². The summed E-state index contributed by atoms with van der Waals surface area (Å²) in [7, 11) is 0. The summed E-state index contributed by atoms with van der Waals surface area (Å²) in [6.07, 6.45) is 6.74. The standard InChI is InChI=1S/C11H23NS/c1-4-5-6-8-11(3)12-9-7-10(2)13-11/h10,12H,4-9H2,1-3H3. The lowest BCUT2D eigenvalue weighted by atomic mass is 10.1. The quantitative estimate of drug-likeness (QED) is 0.700. The smallest absolute Gasteiger partial charge is 0.0619 e. The Morgan fingerprint density at radius 2 is 2.23 bits per heavy atom. The van der Waals surface area contributed by atoms with Gasteiger partial charge in [0, 0.05) is 5.25 Å². The van der Waals surface area contributed by atoms with Crippen molar-refractivity contribution in [1.82, 2.24) is 5.32 Å². The highest BCUT2D eigenvalue weighted by molar-refractivity contribution is 8.01. The summed E-state index contributed by atoms with van der Waals surface area (Å²) >= 11 is 2.13. The lowest BCUT2D eigenvalue weighted by Crippen LogP contribution is -2.45. The van der Waals surface area contributed by atoms with Crippen LogP contribution in [0, 0.1) is 0 Å². The fraction of sp³-hybridized carbons (Fsp3) is 1.00. The molecule has 1 fully saturated rings. The van der Waals surface area contributed by atoms with Crippen molar-refractivity contribution >= 4 is 11.8 Å². The molecule has 1 N–H and O–H groups in total. The Kier molecular flexibility index (Phi) is 4.60. The molecule has 0 radical (unpaired) electrons. The zero-order valence-electron chi connectivity index (χ0n) is 9.23. The minimum absolute atomic E-state index is 0.368. The second-order valence-electron chi connectivity index (χ2n) is 4.33. The molecule has 2 heteroatoms. The molecule has 0 spiro atoms. The summed E-state index contributed by atoms with van der Waals surface area (Å²) in [5.74, 6) is 0. The molecule has 1 aliphatic heterocycles. The van der Waals surface area contributed by atoms with E-state index in [1.165, 1.54) is 38.6 Å². The Morgan fingerprint density at radius 3 is 2.85 bits per heavy atom. The molecule has 2 unspecified atom stereocenters. The monoisotopic (exact) mass is 201 g/mol. The summed E-state index contributed by atoms with van der Waals surface area (Å²) in [4.78, 5) is 0.368. The fourth-order valence-electron chi connectivity index (χ4n) is 1.94. The highest BCUT2D eigenvalue weighted by atomic mass is 32.2. The van der Waals surface area contributed by atoms with Gasteiger partial charge in [-0.15, -0.1) is 11.8 Å². The highest BCUT2D eigenvalue weighted by Gasteiger charge is 2.29. The second kappa shape index (κ2) is 5.26. The Balaban J connectivity index is 2.27. The lowest BCUT2D eigenvalue weighted by molar-refractivity contribution is 0.425. The van der Waals surface area contributed by atoms with Crippen LogP contribution in [0.25, 0.3) is 0 Å². The zero-order chi connectivity index (χ0) is 9.73. The third kappa shape index (κ3) is 3.90. The van der Waals surface area contributed by atoms with Crippen molar-refractivity contribution in [1.29, 1.82) is 0 Å². The molecule has 0 aromatic rings. The molecule has 0 saturated carbocycles. The molecule has 1 aliphatic rings. The first-order valence-corrected chi connectivity index (χ1v) is 6.47. The van der Waals surface area contributed by atoms with Crippen LogP contribution in [0.4, 0.5) is 0 Å². The molecular formula is C11H23NS. The fourth-order valence-corrected chi connectivity index (χ4v) is 3.52. The predicted molar refractivity (Wildman–Crippen MR) is 62.2 cm³/mol. The molecule has 0 amide bonds. The molecule has 2 atom stereocenters. The molecular weight excluding hydrogens is 178 g/mol. The van der Waals surface area contributed by atoms with E-state index in [2.05, 4.69) is 37.8 Å². The van der Waals surface area contributed by atoms with E-state index in [0.717, 1.165) is 5.25 Å². The van der Waals surface area contributed by atoms with Crippen LogP contribution in [0.2, 0.25) is 0 Å². The Bertz CT molecular complexity index is 149. The van der Waals surface area contributed by atoms with E-state index in [0.29, 0.717) is 4.87 Å². The van der Waals surface area contributed by atoms with Crippen LogP contribution in [0.15, 0.2) is 0 Å². The predicted octanol–water partition coefficient (Wildman–Crippen LogP) is 3.40. The summed E-state index contributed by atoms with van der Waals surface area (Å²) in [6, 6.07) is 0. The number of rotatable bonds is 4. The van der Waals surface area contributed by atoms with Crippen LogP contribution in [0.3, 0.4) is 0 Å². The summed E-state index contributed by atoms with van der Waals surface area (Å²) in [5.41, 5.74) is 0. The molecule has 1 rings (SSSR count). The van der Waals surface area contributed by atoms with Crippen LogP contribution in [-0.2, 0) is 0 Å². The molecule has 0 aromatic carbocycles. The Labute approximate surface area is 87.1 Å². The van der Waals surface area contributed by atoms with Gasteiger partial charge in [0.1, 0.15) is 0 Å². The van der Waals surface area contributed by atoms with Crippen LogP contribution >= 0.6 is 11.8 Å². The summed E-state index contributed by atoms with van der Waals surface area (Å²) in [6.45, 7) is 8.19. The molecule has 0 bridgehead atoms. The van der Waals surface area contributed by atoms with Gasteiger partial charge in [-0.3, -0.25) is 0 Å². The minimum atomic E-state index is 0.368. The van der Waals surface area contributed by atoms with Gasteiger partial charge in [0.15, 0.2) is 0 Å². The highest BCUT2D eigenvalue weighted by Crippen LogP contribution is 2.35. The normalized spacial score (nSPS) is 34.8. The minimum Gasteiger partial charge on any atom is -0.303 e. The average Bonchev–Trinajstić information content (AvgIpc) is 2.04. The number of hydrogen-bond acceptors (Lipinski definition) is 2. The van der Waals surface area contributed by atoms with Crippen molar-refractivity contribution in [3.05, 3.63) is 0 Å². The van der Waals surface area contributed by atoms with E-state index in [9.17, 15) is 0 Å². The maximum atomic E-state index is 3.65. The summed E-state index contributed by atoms with van der Waals surface area (Å²) < 4.78 is 0. The lowest BCUT2D eigenvalue weighted by Gasteiger charge is -2.37. The zero-order valence-corrected chi connectivity index (χ0v) is 10.0. The van der Waals surface area contributed by atoms with Crippen molar-refractivity contribution in [2.45, 2.75) is 63.0 Å². The molecule has 0 aromatic heterocycles. The number of nitrogens with one attached hydrogen (secondary N) is 1. The third-order valence-corrected chi connectivity index (χ3v) is 4.28. The van der Waals surface area contributed by atoms with Crippen molar-refractivity contribution in [2.24, 2.45) is 0 Å². The largest absolute Gasteiger partial charge is 0.303 e. The summed E-state index contributed by atoms with van der Waals surface area (Å²) in [5, 5.41) is 4.49. The van der Waals surface area contributed by atoms with Crippen molar-refractivity contribution in [2.75, 3.05) is 6.54 Å². The van der Waals surface area contributed by atoms with E-state index in [1.54, 1.807) is 0 Å².